The lowest BCUT2D eigenvalue weighted by Gasteiger charge is -2.48. The van der Waals surface area contributed by atoms with E-state index in [1.54, 1.807) is 6.08 Å². The van der Waals surface area contributed by atoms with E-state index in [1.165, 1.54) is 250 Å². The first-order chi connectivity index (χ1) is 47.3. The van der Waals surface area contributed by atoms with Gasteiger partial charge in [-0.15, -0.1) is 0 Å². The van der Waals surface area contributed by atoms with Gasteiger partial charge in [0.05, 0.1) is 38.6 Å². The third-order valence-electron chi connectivity index (χ3n) is 19.9. The molecule has 0 spiro atoms. The average Bonchev–Trinajstić information content (AvgIpc) is 0.845. The van der Waals surface area contributed by atoms with E-state index < -0.39 is 124 Å². The van der Waals surface area contributed by atoms with Gasteiger partial charge in [0, 0.05) is 6.42 Å². The van der Waals surface area contributed by atoms with Gasteiger partial charge >= 0.3 is 0 Å². The Morgan fingerprint density at radius 2 is 0.660 bits per heavy atom. The number of unbranched alkanes of at least 4 members (excludes halogenated alkanes) is 43. The Kier molecular flexibility index (Phi) is 54.6. The van der Waals surface area contributed by atoms with Gasteiger partial charge in [0.1, 0.15) is 73.2 Å². The van der Waals surface area contributed by atoms with Crippen molar-refractivity contribution in [3.63, 3.8) is 0 Å². The van der Waals surface area contributed by atoms with Gasteiger partial charge in [-0.1, -0.05) is 294 Å². The topological polar surface area (TPSA) is 307 Å². The Morgan fingerprint density at radius 3 is 1.03 bits per heavy atom. The standard InChI is InChI=1S/C78H145NO18/c1-3-5-7-9-11-13-15-17-19-21-23-24-25-26-27-28-29-30-31-32-33-34-35-36-38-40-42-44-46-48-50-52-54-56-66(84)79-61(62(83)55-53-51-49-47-45-43-41-39-37-22-20-18-16-14-12-10-8-6-4-2)60-92-76-72(90)69(87)74(64(58-81)94-76)97-78-73(91)70(88)75(65(59-82)95-78)96-77-71(89)68(86)67(85)63(57-80)93-77/h21,23,45,47,53,55,61-65,67-78,80-83,85-91H,3-20,22,24-44,46,48-52,54,56-60H2,1-2H3,(H,79,84)/b23-21-,47-45+,55-53+. The van der Waals surface area contributed by atoms with E-state index in [9.17, 15) is 61.0 Å². The Morgan fingerprint density at radius 1 is 0.361 bits per heavy atom. The van der Waals surface area contributed by atoms with E-state index in [-0.39, 0.29) is 18.9 Å². The molecule has 0 radical (unpaired) electrons. The zero-order chi connectivity index (χ0) is 70.4. The van der Waals surface area contributed by atoms with Crippen molar-refractivity contribution in [3.05, 3.63) is 36.5 Å². The number of aliphatic hydroxyl groups excluding tert-OH is 11. The maximum Gasteiger partial charge on any atom is 0.220 e. The van der Waals surface area contributed by atoms with Crippen molar-refractivity contribution in [1.82, 2.24) is 5.32 Å². The molecule has 0 aromatic heterocycles. The number of allylic oxidation sites excluding steroid dienone is 5. The minimum absolute atomic E-state index is 0.239. The Labute approximate surface area is 587 Å². The molecule has 0 aliphatic carbocycles. The normalized spacial score (nSPS) is 27.0. The summed E-state index contributed by atoms with van der Waals surface area (Å²) in [6.45, 7) is 1.76. The van der Waals surface area contributed by atoms with Crippen molar-refractivity contribution >= 4 is 5.91 Å². The predicted octanol–water partition coefficient (Wildman–Crippen LogP) is 12.7. The molecule has 3 saturated heterocycles. The smallest absolute Gasteiger partial charge is 0.220 e. The maximum absolute atomic E-state index is 13.5. The van der Waals surface area contributed by atoms with E-state index in [1.807, 2.05) is 6.08 Å². The first-order valence-electron chi connectivity index (χ1n) is 39.7. The van der Waals surface area contributed by atoms with Gasteiger partial charge in [-0.05, 0) is 57.8 Å². The first kappa shape index (κ1) is 89.2. The molecule has 0 bridgehead atoms. The lowest BCUT2D eigenvalue weighted by molar-refractivity contribution is -0.379. The van der Waals surface area contributed by atoms with E-state index >= 15 is 0 Å². The van der Waals surface area contributed by atoms with E-state index in [0.717, 1.165) is 38.5 Å². The highest BCUT2D eigenvalue weighted by Crippen LogP contribution is 2.33. The summed E-state index contributed by atoms with van der Waals surface area (Å²) in [4.78, 5) is 13.5. The second-order valence-corrected chi connectivity index (χ2v) is 28.5. The Hall–Kier alpha value is -1.99. The van der Waals surface area contributed by atoms with Gasteiger partial charge in [0.2, 0.25) is 5.91 Å². The highest BCUT2D eigenvalue weighted by molar-refractivity contribution is 5.76. The van der Waals surface area contributed by atoms with Crippen LogP contribution in [0, 0.1) is 0 Å². The van der Waals surface area contributed by atoms with Gasteiger partial charge in [-0.2, -0.15) is 0 Å². The van der Waals surface area contributed by atoms with Gasteiger partial charge in [0.25, 0.3) is 0 Å². The molecule has 570 valence electrons. The van der Waals surface area contributed by atoms with Crippen LogP contribution in [0.3, 0.4) is 0 Å². The molecule has 19 heteroatoms. The summed E-state index contributed by atoms with van der Waals surface area (Å²) in [6, 6.07) is -0.989. The molecule has 3 heterocycles. The van der Waals surface area contributed by atoms with Gasteiger partial charge in [0.15, 0.2) is 18.9 Å². The van der Waals surface area contributed by atoms with Crippen LogP contribution >= 0.6 is 0 Å². The number of ether oxygens (including phenoxy) is 6. The number of carbonyl (C=O) groups is 1. The molecule has 3 rings (SSSR count). The van der Waals surface area contributed by atoms with Crippen molar-refractivity contribution in [2.45, 2.75) is 426 Å². The van der Waals surface area contributed by atoms with Crippen LogP contribution in [0.4, 0.5) is 0 Å². The number of carbonyl (C=O) groups excluding carboxylic acids is 1. The number of hydrogen-bond donors (Lipinski definition) is 12. The van der Waals surface area contributed by atoms with Crippen LogP contribution < -0.4 is 5.32 Å². The van der Waals surface area contributed by atoms with Crippen LogP contribution in [0.15, 0.2) is 36.5 Å². The zero-order valence-electron chi connectivity index (χ0n) is 60.8. The average molecular weight is 1390 g/mol. The fraction of sp³-hybridized carbons (Fsp3) is 0.910. The van der Waals surface area contributed by atoms with Crippen LogP contribution in [-0.4, -0.2) is 193 Å². The second kappa shape index (κ2) is 59.4. The molecule has 3 aliphatic rings. The van der Waals surface area contributed by atoms with Crippen LogP contribution in [0.2, 0.25) is 0 Å². The lowest BCUT2D eigenvalue weighted by atomic mass is 9.96. The lowest BCUT2D eigenvalue weighted by Crippen LogP contribution is -2.66. The largest absolute Gasteiger partial charge is 0.394 e. The molecule has 0 aromatic carbocycles. The minimum atomic E-state index is -1.98. The Bertz CT molecular complexity index is 1900. The minimum Gasteiger partial charge on any atom is -0.394 e. The Balaban J connectivity index is 1.36. The molecule has 17 unspecified atom stereocenters. The van der Waals surface area contributed by atoms with E-state index in [4.69, 9.17) is 28.4 Å². The molecule has 12 N–H and O–H groups in total. The molecule has 0 saturated carbocycles. The highest BCUT2D eigenvalue weighted by atomic mass is 16.8. The molecular weight excluding hydrogens is 1240 g/mol. The number of rotatable bonds is 63. The number of amides is 1. The summed E-state index contributed by atoms with van der Waals surface area (Å²) in [5, 5.41) is 121. The first-order valence-corrected chi connectivity index (χ1v) is 39.7. The summed E-state index contributed by atoms with van der Waals surface area (Å²) in [5.41, 5.74) is 0. The molecule has 19 nitrogen and oxygen atoms in total. The van der Waals surface area contributed by atoms with E-state index in [2.05, 4.69) is 43.5 Å². The number of aliphatic hydroxyl groups is 11. The fourth-order valence-corrected chi connectivity index (χ4v) is 13.5. The summed E-state index contributed by atoms with van der Waals surface area (Å²) < 4.78 is 34.4. The van der Waals surface area contributed by atoms with Crippen LogP contribution in [0.1, 0.15) is 322 Å². The zero-order valence-corrected chi connectivity index (χ0v) is 60.8. The summed E-state index contributed by atoms with van der Waals surface area (Å²) in [7, 11) is 0. The van der Waals surface area contributed by atoms with Crippen molar-refractivity contribution in [2.75, 3.05) is 26.4 Å². The molecule has 3 fully saturated rings. The van der Waals surface area contributed by atoms with Crippen LogP contribution in [-0.2, 0) is 33.2 Å². The molecule has 0 aromatic rings. The molecule has 1 amide bonds. The monoisotopic (exact) mass is 1380 g/mol. The fourth-order valence-electron chi connectivity index (χ4n) is 13.5. The SMILES string of the molecule is CCCCCCCCCC/C=C\CCCCCCCCCCCCCCCCCCCCCCCC(=O)NC(COC1OC(CO)C(OC2OC(CO)C(OC3OC(CO)C(O)C(O)C3O)C(O)C2O)C(O)C1O)C(O)/C=C/CC/C=C/CCCCCCCCCCCCCCC. The number of hydrogen-bond acceptors (Lipinski definition) is 18. The molecule has 17 atom stereocenters. The van der Waals surface area contributed by atoms with Crippen molar-refractivity contribution in [2.24, 2.45) is 0 Å². The third kappa shape index (κ3) is 40.0. The summed E-state index contributed by atoms with van der Waals surface area (Å²) in [5.74, 6) is -0.279. The van der Waals surface area contributed by atoms with Crippen molar-refractivity contribution < 1.29 is 89.4 Å². The number of nitrogens with one attached hydrogen (secondary N) is 1. The van der Waals surface area contributed by atoms with Crippen molar-refractivity contribution in [1.29, 1.82) is 0 Å². The van der Waals surface area contributed by atoms with E-state index in [0.29, 0.717) is 12.8 Å². The molecule has 97 heavy (non-hydrogen) atoms. The van der Waals surface area contributed by atoms with Gasteiger partial charge < -0.3 is 89.9 Å². The second-order valence-electron chi connectivity index (χ2n) is 28.5. The van der Waals surface area contributed by atoms with Crippen LogP contribution in [0.5, 0.6) is 0 Å². The summed E-state index contributed by atoms with van der Waals surface area (Å²) >= 11 is 0. The highest BCUT2D eigenvalue weighted by Gasteiger charge is 2.53. The van der Waals surface area contributed by atoms with Gasteiger partial charge in [-0.25, -0.2) is 0 Å². The van der Waals surface area contributed by atoms with Gasteiger partial charge in [-0.3, -0.25) is 4.79 Å². The predicted molar refractivity (Wildman–Crippen MR) is 383 cm³/mol. The maximum atomic E-state index is 13.5. The van der Waals surface area contributed by atoms with Crippen molar-refractivity contribution in [3.8, 4) is 0 Å². The molecule has 3 aliphatic heterocycles. The molecular formula is C78H145NO18. The third-order valence-corrected chi connectivity index (χ3v) is 19.9. The summed E-state index contributed by atoms with van der Waals surface area (Å²) in [6.07, 6.45) is 45.7. The van der Waals surface area contributed by atoms with Crippen LogP contribution in [0.25, 0.3) is 0 Å². The quantitative estimate of drug-likeness (QED) is 0.0199.